The van der Waals surface area contributed by atoms with Gasteiger partial charge in [0, 0.05) is 18.6 Å². The Labute approximate surface area is 103 Å². The number of hydrogen-bond acceptors (Lipinski definition) is 4. The van der Waals surface area contributed by atoms with Gasteiger partial charge in [-0.1, -0.05) is 0 Å². The highest BCUT2D eigenvalue weighted by atomic mass is 16.6. The lowest BCUT2D eigenvalue weighted by Gasteiger charge is -2.17. The van der Waals surface area contributed by atoms with Gasteiger partial charge in [-0.3, -0.25) is 4.79 Å². The Morgan fingerprint density at radius 2 is 2.06 bits per heavy atom. The van der Waals surface area contributed by atoms with Gasteiger partial charge in [0.2, 0.25) is 0 Å². The highest BCUT2D eigenvalue weighted by Gasteiger charge is 2.14. The molecule has 6 nitrogen and oxygen atoms in total. The van der Waals surface area contributed by atoms with E-state index in [1.807, 2.05) is 12.1 Å². The molecule has 0 saturated carbocycles. The standard InChI is InChI=1S/C12H12N2O4/c15-12(16)2-1-11-13-7-5-9-10(6-8(7)14-11)18-4-3-17-9/h5-6H,1-4H2,(H,13,14)(H,15,16). The smallest absolute Gasteiger partial charge is 0.303 e. The van der Waals surface area contributed by atoms with E-state index < -0.39 is 5.97 Å². The van der Waals surface area contributed by atoms with E-state index in [2.05, 4.69) is 9.97 Å². The van der Waals surface area contributed by atoms with Crippen LogP contribution in [0, 0.1) is 0 Å². The van der Waals surface area contributed by atoms with Gasteiger partial charge in [0.05, 0.1) is 17.5 Å². The van der Waals surface area contributed by atoms with Gasteiger partial charge in [0.1, 0.15) is 19.0 Å². The van der Waals surface area contributed by atoms with Gasteiger partial charge < -0.3 is 19.6 Å². The zero-order valence-electron chi connectivity index (χ0n) is 9.60. The molecule has 0 spiro atoms. The van der Waals surface area contributed by atoms with Crippen molar-refractivity contribution in [2.45, 2.75) is 12.8 Å². The first-order valence-electron chi connectivity index (χ1n) is 5.72. The molecule has 94 valence electrons. The predicted molar refractivity (Wildman–Crippen MR) is 63.0 cm³/mol. The molecule has 1 aliphatic heterocycles. The first kappa shape index (κ1) is 10.9. The summed E-state index contributed by atoms with van der Waals surface area (Å²) in [6.07, 6.45) is 0.447. The van der Waals surface area contributed by atoms with Crippen LogP contribution in [0.25, 0.3) is 11.0 Å². The van der Waals surface area contributed by atoms with Crippen molar-refractivity contribution in [1.29, 1.82) is 0 Å². The predicted octanol–water partition coefficient (Wildman–Crippen LogP) is 1.35. The number of nitrogens with zero attached hydrogens (tertiary/aromatic N) is 1. The van der Waals surface area contributed by atoms with Gasteiger partial charge >= 0.3 is 5.97 Å². The zero-order chi connectivity index (χ0) is 12.5. The summed E-state index contributed by atoms with van der Waals surface area (Å²) in [4.78, 5) is 17.9. The Hall–Kier alpha value is -2.24. The van der Waals surface area contributed by atoms with Crippen LogP contribution in [0.1, 0.15) is 12.2 Å². The number of H-pyrrole nitrogens is 1. The van der Waals surface area contributed by atoms with E-state index in [-0.39, 0.29) is 6.42 Å². The molecule has 0 fully saturated rings. The molecular formula is C12H12N2O4. The van der Waals surface area contributed by atoms with Gasteiger partial charge in [0.15, 0.2) is 11.5 Å². The quantitative estimate of drug-likeness (QED) is 0.856. The summed E-state index contributed by atoms with van der Waals surface area (Å²) >= 11 is 0. The van der Waals surface area contributed by atoms with Crippen molar-refractivity contribution in [1.82, 2.24) is 9.97 Å². The SMILES string of the molecule is O=C(O)CCc1nc2cc3c(cc2[nH]1)OCCO3. The van der Waals surface area contributed by atoms with E-state index in [4.69, 9.17) is 14.6 Å². The van der Waals surface area contributed by atoms with Crippen LogP contribution in [-0.4, -0.2) is 34.3 Å². The molecule has 0 saturated heterocycles. The Morgan fingerprint density at radius 3 is 2.78 bits per heavy atom. The topological polar surface area (TPSA) is 84.4 Å². The number of rotatable bonds is 3. The molecule has 0 unspecified atom stereocenters. The lowest BCUT2D eigenvalue weighted by molar-refractivity contribution is -0.137. The van der Waals surface area contributed by atoms with Crippen LogP contribution in [0.3, 0.4) is 0 Å². The van der Waals surface area contributed by atoms with Crippen molar-refractivity contribution in [3.8, 4) is 11.5 Å². The summed E-state index contributed by atoms with van der Waals surface area (Å²) in [5, 5.41) is 8.64. The number of aromatic nitrogens is 2. The molecule has 2 aromatic rings. The van der Waals surface area contributed by atoms with Crippen molar-refractivity contribution >= 4 is 17.0 Å². The van der Waals surface area contributed by atoms with E-state index in [1.54, 1.807) is 0 Å². The van der Waals surface area contributed by atoms with Crippen LogP contribution in [0.15, 0.2) is 12.1 Å². The third kappa shape index (κ3) is 1.97. The average Bonchev–Trinajstić information content (AvgIpc) is 2.75. The number of ether oxygens (including phenoxy) is 2. The second kappa shape index (κ2) is 4.21. The minimum atomic E-state index is -0.832. The van der Waals surface area contributed by atoms with Crippen LogP contribution in [0.5, 0.6) is 11.5 Å². The van der Waals surface area contributed by atoms with Gasteiger partial charge in [0.25, 0.3) is 0 Å². The Bertz CT molecular complexity index is 562. The van der Waals surface area contributed by atoms with E-state index in [0.29, 0.717) is 37.0 Å². The number of aromatic amines is 1. The number of nitrogens with one attached hydrogen (secondary N) is 1. The molecular weight excluding hydrogens is 236 g/mol. The number of benzene rings is 1. The van der Waals surface area contributed by atoms with Crippen molar-refractivity contribution in [2.24, 2.45) is 0 Å². The first-order chi connectivity index (χ1) is 8.72. The molecule has 6 heteroatoms. The summed E-state index contributed by atoms with van der Waals surface area (Å²) < 4.78 is 10.9. The number of carboxylic acid groups (broad SMARTS) is 1. The molecule has 0 radical (unpaired) electrons. The Balaban J connectivity index is 1.93. The molecule has 2 heterocycles. The Kier molecular flexibility index (Phi) is 2.55. The maximum atomic E-state index is 10.5. The third-order valence-electron chi connectivity index (χ3n) is 2.77. The minimum absolute atomic E-state index is 0.0620. The molecule has 0 bridgehead atoms. The molecule has 1 aromatic heterocycles. The summed E-state index contributed by atoms with van der Waals surface area (Å²) in [6.45, 7) is 1.08. The van der Waals surface area contributed by atoms with E-state index in [1.165, 1.54) is 0 Å². The highest BCUT2D eigenvalue weighted by Crippen LogP contribution is 2.33. The van der Waals surface area contributed by atoms with Crippen LogP contribution >= 0.6 is 0 Å². The maximum absolute atomic E-state index is 10.5. The largest absolute Gasteiger partial charge is 0.486 e. The summed E-state index contributed by atoms with van der Waals surface area (Å²) in [7, 11) is 0. The molecule has 2 N–H and O–H groups in total. The van der Waals surface area contributed by atoms with Gasteiger partial charge in [-0.2, -0.15) is 0 Å². The second-order valence-corrected chi connectivity index (χ2v) is 4.09. The maximum Gasteiger partial charge on any atom is 0.303 e. The van der Waals surface area contributed by atoms with Gasteiger partial charge in [-0.05, 0) is 0 Å². The fraction of sp³-hybridized carbons (Fsp3) is 0.333. The van der Waals surface area contributed by atoms with Gasteiger partial charge in [-0.25, -0.2) is 4.98 Å². The highest BCUT2D eigenvalue weighted by molar-refractivity contribution is 5.80. The lowest BCUT2D eigenvalue weighted by Crippen LogP contribution is -2.15. The molecule has 0 aliphatic carbocycles. The second-order valence-electron chi connectivity index (χ2n) is 4.09. The molecule has 1 aliphatic rings. The monoisotopic (exact) mass is 248 g/mol. The van der Waals surface area contributed by atoms with Crippen LogP contribution in [0.2, 0.25) is 0 Å². The Morgan fingerprint density at radius 1 is 1.33 bits per heavy atom. The number of hydrogen-bond donors (Lipinski definition) is 2. The molecule has 1 aromatic carbocycles. The van der Waals surface area contributed by atoms with Crippen LogP contribution in [-0.2, 0) is 11.2 Å². The van der Waals surface area contributed by atoms with Crippen molar-refractivity contribution < 1.29 is 19.4 Å². The fourth-order valence-electron chi connectivity index (χ4n) is 1.94. The average molecular weight is 248 g/mol. The lowest BCUT2D eigenvalue weighted by atomic mass is 10.2. The van der Waals surface area contributed by atoms with Gasteiger partial charge in [-0.15, -0.1) is 0 Å². The van der Waals surface area contributed by atoms with E-state index in [0.717, 1.165) is 11.0 Å². The fourth-order valence-corrected chi connectivity index (χ4v) is 1.94. The van der Waals surface area contributed by atoms with E-state index in [9.17, 15) is 4.79 Å². The number of imidazole rings is 1. The summed E-state index contributed by atoms with van der Waals surface area (Å²) in [5.74, 6) is 1.21. The molecule has 3 rings (SSSR count). The third-order valence-corrected chi connectivity index (χ3v) is 2.77. The number of carboxylic acids is 1. The first-order valence-corrected chi connectivity index (χ1v) is 5.72. The summed E-state index contributed by atoms with van der Waals surface area (Å²) in [6, 6.07) is 3.64. The van der Waals surface area contributed by atoms with Crippen molar-refractivity contribution in [2.75, 3.05) is 13.2 Å². The molecule has 0 amide bonds. The van der Waals surface area contributed by atoms with Crippen molar-refractivity contribution in [3.63, 3.8) is 0 Å². The normalized spacial score (nSPS) is 13.8. The zero-order valence-corrected chi connectivity index (χ0v) is 9.60. The van der Waals surface area contributed by atoms with E-state index >= 15 is 0 Å². The summed E-state index contributed by atoms with van der Waals surface area (Å²) in [5.41, 5.74) is 1.60. The number of aliphatic carboxylic acids is 1. The number of fused-ring (bicyclic) bond motifs is 2. The molecule has 0 atom stereocenters. The van der Waals surface area contributed by atoms with Crippen molar-refractivity contribution in [3.05, 3.63) is 18.0 Å². The number of carbonyl (C=O) groups is 1. The number of aryl methyl sites for hydroxylation is 1. The van der Waals surface area contributed by atoms with Crippen LogP contribution < -0.4 is 9.47 Å². The molecule has 18 heavy (non-hydrogen) atoms. The minimum Gasteiger partial charge on any atom is -0.486 e. The van der Waals surface area contributed by atoms with Crippen LogP contribution in [0.4, 0.5) is 0 Å².